The maximum absolute atomic E-state index is 13.7. The number of amides is 1. The molecule has 2 N–H and O–H groups in total. The van der Waals surface area contributed by atoms with E-state index in [1.807, 2.05) is 22.6 Å². The summed E-state index contributed by atoms with van der Waals surface area (Å²) < 4.78 is 21.2. The van der Waals surface area contributed by atoms with E-state index in [4.69, 9.17) is 9.72 Å². The molecular weight excluding hydrogens is 483 g/mol. The monoisotopic (exact) mass is 512 g/mol. The van der Waals surface area contributed by atoms with Gasteiger partial charge in [0.25, 0.3) is 5.91 Å². The summed E-state index contributed by atoms with van der Waals surface area (Å²) in [5.41, 5.74) is 5.69. The van der Waals surface area contributed by atoms with Crippen LogP contribution in [0.2, 0.25) is 0 Å². The molecule has 4 aromatic rings. The minimum atomic E-state index is -0.334. The molecule has 0 saturated carbocycles. The molecule has 3 aliphatic rings. The average Bonchev–Trinajstić information content (AvgIpc) is 3.70. The summed E-state index contributed by atoms with van der Waals surface area (Å²) in [4.78, 5) is 24.8. The molecule has 1 atom stereocenters. The van der Waals surface area contributed by atoms with Gasteiger partial charge in [-0.05, 0) is 49.4 Å². The zero-order valence-corrected chi connectivity index (χ0v) is 21.0. The fourth-order valence-corrected chi connectivity index (χ4v) is 5.97. The molecule has 0 radical (unpaired) electrons. The SMILES string of the molecule is O=C1NCc2c(-c3cnc4cc(F)ccn34)ccc(Nc3ccc([C@@H]4CCOC4)c(N4CCCCC4)n3)c21. The summed E-state index contributed by atoms with van der Waals surface area (Å²) in [6, 6.07) is 10.9. The van der Waals surface area contributed by atoms with Crippen molar-refractivity contribution in [1.29, 1.82) is 0 Å². The highest BCUT2D eigenvalue weighted by molar-refractivity contribution is 6.06. The number of pyridine rings is 2. The summed E-state index contributed by atoms with van der Waals surface area (Å²) in [7, 11) is 0. The number of nitrogens with zero attached hydrogens (tertiary/aromatic N) is 4. The number of aromatic nitrogens is 3. The Balaban J connectivity index is 1.26. The second-order valence-corrected chi connectivity index (χ2v) is 10.3. The van der Waals surface area contributed by atoms with Crippen molar-refractivity contribution < 1.29 is 13.9 Å². The molecule has 2 saturated heterocycles. The molecular formula is C29H29FN6O2. The summed E-state index contributed by atoms with van der Waals surface area (Å²) in [6.07, 6.45) is 8.00. The predicted octanol–water partition coefficient (Wildman–Crippen LogP) is 5.02. The molecule has 0 spiro atoms. The standard InChI is InChI=1S/C29H29FN6O2/c30-19-8-12-36-24(16-31-26(36)14-19)21-4-6-23(27-22(21)15-32-29(27)37)33-25-7-5-20(18-9-13-38-17-18)28(34-25)35-10-2-1-3-11-35/h4-8,12,14,16,18H,1-3,9-11,13,15,17H2,(H,32,37)(H,33,34)/t18-/m1/s1. The molecule has 194 valence electrons. The molecule has 0 unspecified atom stereocenters. The van der Waals surface area contributed by atoms with Crippen LogP contribution < -0.4 is 15.5 Å². The van der Waals surface area contributed by atoms with Gasteiger partial charge in [0.2, 0.25) is 0 Å². The third-order valence-corrected chi connectivity index (χ3v) is 7.91. The van der Waals surface area contributed by atoms with Crippen LogP contribution in [0.25, 0.3) is 16.9 Å². The van der Waals surface area contributed by atoms with E-state index < -0.39 is 0 Å². The number of benzene rings is 1. The summed E-state index contributed by atoms with van der Waals surface area (Å²) >= 11 is 0. The molecule has 3 aromatic heterocycles. The zero-order chi connectivity index (χ0) is 25.6. The van der Waals surface area contributed by atoms with Gasteiger partial charge in [0, 0.05) is 55.5 Å². The van der Waals surface area contributed by atoms with E-state index in [0.717, 1.165) is 55.4 Å². The van der Waals surface area contributed by atoms with Gasteiger partial charge >= 0.3 is 0 Å². The number of piperidine rings is 1. The molecule has 0 bridgehead atoms. The van der Waals surface area contributed by atoms with E-state index >= 15 is 0 Å². The van der Waals surface area contributed by atoms with Crippen LogP contribution in [0.4, 0.5) is 21.7 Å². The number of rotatable bonds is 5. The Morgan fingerprint density at radius 2 is 2.00 bits per heavy atom. The molecule has 2 fully saturated rings. The van der Waals surface area contributed by atoms with Crippen LogP contribution in [0.15, 0.2) is 48.8 Å². The lowest BCUT2D eigenvalue weighted by Gasteiger charge is -2.31. The van der Waals surface area contributed by atoms with Crippen LogP contribution in [-0.2, 0) is 11.3 Å². The first-order chi connectivity index (χ1) is 18.7. The van der Waals surface area contributed by atoms with Gasteiger partial charge in [-0.2, -0.15) is 0 Å². The summed E-state index contributed by atoms with van der Waals surface area (Å²) in [5.74, 6) is 1.65. The van der Waals surface area contributed by atoms with Crippen molar-refractivity contribution in [3.8, 4) is 11.3 Å². The molecule has 1 amide bonds. The number of carbonyl (C=O) groups excluding carboxylic acids is 1. The van der Waals surface area contributed by atoms with Crippen LogP contribution in [-0.4, -0.2) is 46.6 Å². The smallest absolute Gasteiger partial charge is 0.254 e. The van der Waals surface area contributed by atoms with Gasteiger partial charge in [0.05, 0.1) is 29.7 Å². The number of imidazole rings is 1. The second kappa shape index (κ2) is 9.40. The first-order valence-electron chi connectivity index (χ1n) is 13.3. The van der Waals surface area contributed by atoms with Gasteiger partial charge in [-0.25, -0.2) is 14.4 Å². The van der Waals surface area contributed by atoms with E-state index in [9.17, 15) is 9.18 Å². The molecule has 0 aliphatic carbocycles. The minimum absolute atomic E-state index is 0.125. The Morgan fingerprint density at radius 3 is 2.84 bits per heavy atom. The lowest BCUT2D eigenvalue weighted by atomic mass is 9.97. The van der Waals surface area contributed by atoms with Gasteiger partial charge in [0.1, 0.15) is 23.1 Å². The number of anilines is 3. The van der Waals surface area contributed by atoms with Gasteiger partial charge in [-0.1, -0.05) is 12.1 Å². The highest BCUT2D eigenvalue weighted by Crippen LogP contribution is 2.38. The maximum Gasteiger partial charge on any atom is 0.254 e. The second-order valence-electron chi connectivity index (χ2n) is 10.3. The van der Waals surface area contributed by atoms with Gasteiger partial charge in [0.15, 0.2) is 0 Å². The molecule has 3 aliphatic heterocycles. The third kappa shape index (κ3) is 3.98. The highest BCUT2D eigenvalue weighted by atomic mass is 19.1. The zero-order valence-electron chi connectivity index (χ0n) is 21.0. The fourth-order valence-electron chi connectivity index (χ4n) is 5.97. The number of carbonyl (C=O) groups is 1. The number of fused-ring (bicyclic) bond motifs is 2. The Labute approximate surface area is 219 Å². The van der Waals surface area contributed by atoms with Crippen LogP contribution in [0.5, 0.6) is 0 Å². The van der Waals surface area contributed by atoms with E-state index in [0.29, 0.717) is 35.2 Å². The number of hydrogen-bond donors (Lipinski definition) is 2. The molecule has 1 aromatic carbocycles. The van der Waals surface area contributed by atoms with Crippen LogP contribution in [0, 0.1) is 5.82 Å². The normalized spacial score (nSPS) is 19.1. The van der Waals surface area contributed by atoms with Gasteiger partial charge in [-0.3, -0.25) is 9.20 Å². The van der Waals surface area contributed by atoms with Crippen LogP contribution in [0.1, 0.15) is 53.1 Å². The molecule has 8 nitrogen and oxygen atoms in total. The Bertz CT molecular complexity index is 1540. The Hall–Kier alpha value is -3.98. The molecule has 9 heteroatoms. The maximum atomic E-state index is 13.7. The van der Waals surface area contributed by atoms with Gasteiger partial charge < -0.3 is 20.3 Å². The van der Waals surface area contributed by atoms with E-state index in [1.54, 1.807) is 12.4 Å². The number of hydrogen-bond acceptors (Lipinski definition) is 6. The molecule has 7 rings (SSSR count). The average molecular weight is 513 g/mol. The topological polar surface area (TPSA) is 83.8 Å². The number of halogens is 1. The van der Waals surface area contributed by atoms with Crippen molar-refractivity contribution in [2.24, 2.45) is 0 Å². The highest BCUT2D eigenvalue weighted by Gasteiger charge is 2.29. The van der Waals surface area contributed by atoms with Crippen molar-refractivity contribution >= 4 is 28.9 Å². The van der Waals surface area contributed by atoms with Crippen LogP contribution in [0.3, 0.4) is 0 Å². The summed E-state index contributed by atoms with van der Waals surface area (Å²) in [6.45, 7) is 3.96. The Kier molecular flexibility index (Phi) is 5.73. The number of ether oxygens (including phenoxy) is 1. The van der Waals surface area contributed by atoms with Crippen molar-refractivity contribution in [2.45, 2.75) is 38.1 Å². The van der Waals surface area contributed by atoms with Crippen molar-refractivity contribution in [1.82, 2.24) is 19.7 Å². The van der Waals surface area contributed by atoms with E-state index in [2.05, 4.69) is 26.6 Å². The largest absolute Gasteiger partial charge is 0.381 e. The van der Waals surface area contributed by atoms with E-state index in [1.165, 1.54) is 37.0 Å². The van der Waals surface area contributed by atoms with Crippen LogP contribution >= 0.6 is 0 Å². The first kappa shape index (κ1) is 23.2. The van der Waals surface area contributed by atoms with Gasteiger partial charge in [-0.15, -0.1) is 0 Å². The molecule has 38 heavy (non-hydrogen) atoms. The van der Waals surface area contributed by atoms with Crippen molar-refractivity contribution in [3.63, 3.8) is 0 Å². The number of nitrogens with one attached hydrogen (secondary N) is 2. The fraction of sp³-hybridized carbons (Fsp3) is 0.345. The first-order valence-corrected chi connectivity index (χ1v) is 13.3. The lowest BCUT2D eigenvalue weighted by Crippen LogP contribution is -2.31. The predicted molar refractivity (Wildman–Crippen MR) is 144 cm³/mol. The summed E-state index contributed by atoms with van der Waals surface area (Å²) in [5, 5.41) is 6.42. The van der Waals surface area contributed by atoms with Crippen molar-refractivity contribution in [3.05, 3.63) is 71.3 Å². The van der Waals surface area contributed by atoms with Crippen molar-refractivity contribution in [2.75, 3.05) is 36.5 Å². The lowest BCUT2D eigenvalue weighted by molar-refractivity contribution is 0.0966. The minimum Gasteiger partial charge on any atom is -0.381 e. The third-order valence-electron chi connectivity index (χ3n) is 7.91. The Morgan fingerprint density at radius 1 is 1.11 bits per heavy atom. The quantitative estimate of drug-likeness (QED) is 0.391. The van der Waals surface area contributed by atoms with E-state index in [-0.39, 0.29) is 11.7 Å². The molecule has 6 heterocycles.